The molecule has 17 heavy (non-hydrogen) atoms. The van der Waals surface area contributed by atoms with Crippen molar-refractivity contribution in [1.29, 1.82) is 0 Å². The van der Waals surface area contributed by atoms with E-state index in [1.54, 1.807) is 0 Å². The van der Waals surface area contributed by atoms with Crippen LogP contribution in [-0.2, 0) is 24.5 Å². The molecular formula is C9H21Cl3CoO3P. The SMILES string of the molecule is CCCOP(OCCC)OCCC.[Cl][Co]([Cl])[Cl]. The molecule has 0 atom stereocenters. The molecule has 0 radical (unpaired) electrons. The van der Waals surface area contributed by atoms with Crippen LogP contribution in [0.3, 0.4) is 0 Å². The Morgan fingerprint density at radius 3 is 1.18 bits per heavy atom. The first-order valence-corrected chi connectivity index (χ1v) is 10.8. The van der Waals surface area contributed by atoms with Gasteiger partial charge in [0.1, 0.15) is 0 Å². The summed E-state index contributed by atoms with van der Waals surface area (Å²) in [7, 11) is 12.3. The van der Waals surface area contributed by atoms with Gasteiger partial charge >= 0.3 is 50.0 Å². The molecule has 0 aliphatic rings. The van der Waals surface area contributed by atoms with Crippen LogP contribution in [0.25, 0.3) is 0 Å². The van der Waals surface area contributed by atoms with E-state index in [1.165, 1.54) is 0 Å². The van der Waals surface area contributed by atoms with Gasteiger partial charge in [0.05, 0.1) is 19.8 Å². The number of halogens is 3. The van der Waals surface area contributed by atoms with Crippen molar-refractivity contribution in [3.8, 4) is 0 Å². The zero-order valence-corrected chi connectivity index (χ0v) is 14.6. The minimum absolute atomic E-state index is 0.721. The third kappa shape index (κ3) is 23.2. The molecule has 0 aliphatic carbocycles. The van der Waals surface area contributed by atoms with Crippen molar-refractivity contribution < 1.29 is 24.5 Å². The van der Waals surface area contributed by atoms with Gasteiger partial charge in [-0.15, -0.1) is 0 Å². The maximum atomic E-state index is 5.42. The molecule has 0 heterocycles. The Morgan fingerprint density at radius 2 is 1.00 bits per heavy atom. The monoisotopic (exact) mass is 372 g/mol. The first-order chi connectivity index (χ1) is 8.08. The first kappa shape index (κ1) is 21.0. The Kier molecular flexibility index (Phi) is 21.8. The van der Waals surface area contributed by atoms with Gasteiger partial charge in [0.2, 0.25) is 0 Å². The molecule has 110 valence electrons. The average molecular weight is 374 g/mol. The third-order valence-electron chi connectivity index (χ3n) is 1.20. The van der Waals surface area contributed by atoms with Gasteiger partial charge in [0.15, 0.2) is 0 Å². The van der Waals surface area contributed by atoms with E-state index in [1.807, 2.05) is 0 Å². The van der Waals surface area contributed by atoms with E-state index in [0.29, 0.717) is 0 Å². The number of hydrogen-bond acceptors (Lipinski definition) is 3. The molecular weight excluding hydrogens is 352 g/mol. The Balaban J connectivity index is 0. The molecule has 0 saturated heterocycles. The molecule has 0 aromatic heterocycles. The fourth-order valence-corrected chi connectivity index (χ4v) is 1.83. The molecule has 0 unspecified atom stereocenters. The van der Waals surface area contributed by atoms with E-state index in [-0.39, 0.29) is 0 Å². The molecule has 0 rings (SSSR count). The van der Waals surface area contributed by atoms with E-state index in [2.05, 4.69) is 20.8 Å². The quantitative estimate of drug-likeness (QED) is 0.495. The molecule has 0 spiro atoms. The molecule has 0 aromatic carbocycles. The summed E-state index contributed by atoms with van der Waals surface area (Å²) >= 11 is 0. The summed E-state index contributed by atoms with van der Waals surface area (Å²) < 4.78 is 16.2. The van der Waals surface area contributed by atoms with E-state index in [0.717, 1.165) is 39.1 Å². The summed E-state index contributed by atoms with van der Waals surface area (Å²) in [5.41, 5.74) is 0. The fourth-order valence-electron chi connectivity index (χ4n) is 0.609. The van der Waals surface area contributed by atoms with E-state index >= 15 is 0 Å². The molecule has 0 N–H and O–H groups in total. The van der Waals surface area contributed by atoms with Gasteiger partial charge < -0.3 is 13.6 Å². The maximum absolute atomic E-state index is 5.42. The number of hydrogen-bond donors (Lipinski definition) is 0. The predicted octanol–water partition coefficient (Wildman–Crippen LogP) is 5.56. The van der Waals surface area contributed by atoms with Crippen LogP contribution in [-0.4, -0.2) is 19.8 Å². The van der Waals surface area contributed by atoms with Gasteiger partial charge in [-0.1, -0.05) is 20.8 Å². The van der Waals surface area contributed by atoms with Crippen LogP contribution in [0.15, 0.2) is 0 Å². The van der Waals surface area contributed by atoms with Crippen molar-refractivity contribution in [3.63, 3.8) is 0 Å². The summed E-state index contributed by atoms with van der Waals surface area (Å²) in [5, 5.41) is 0. The van der Waals surface area contributed by atoms with E-state index in [4.69, 9.17) is 44.0 Å². The summed E-state index contributed by atoms with van der Waals surface area (Å²) in [4.78, 5) is 0. The van der Waals surface area contributed by atoms with Crippen molar-refractivity contribution >= 4 is 39.0 Å². The van der Waals surface area contributed by atoms with Crippen LogP contribution in [0.1, 0.15) is 40.0 Å². The second-order valence-electron chi connectivity index (χ2n) is 2.87. The number of rotatable bonds is 9. The van der Waals surface area contributed by atoms with Gasteiger partial charge in [-0.25, -0.2) is 0 Å². The van der Waals surface area contributed by atoms with Crippen molar-refractivity contribution in [1.82, 2.24) is 0 Å². The molecule has 0 bridgehead atoms. The second kappa shape index (κ2) is 17.7. The van der Waals surface area contributed by atoms with E-state index < -0.39 is 19.6 Å². The van der Waals surface area contributed by atoms with Crippen LogP contribution in [0.5, 0.6) is 0 Å². The van der Waals surface area contributed by atoms with Gasteiger partial charge in [0, 0.05) is 0 Å². The van der Waals surface area contributed by atoms with E-state index in [9.17, 15) is 0 Å². The van der Waals surface area contributed by atoms with Crippen molar-refractivity contribution in [2.24, 2.45) is 0 Å². The van der Waals surface area contributed by atoms with Crippen LogP contribution in [0.4, 0.5) is 0 Å². The minimum atomic E-state index is -1.19. The Hall–Kier alpha value is 1.69. The molecule has 0 aliphatic heterocycles. The van der Waals surface area contributed by atoms with Crippen molar-refractivity contribution in [3.05, 3.63) is 0 Å². The molecule has 0 aromatic rings. The second-order valence-corrected chi connectivity index (χ2v) is 9.25. The fraction of sp³-hybridized carbons (Fsp3) is 1.00. The Bertz CT molecular complexity index is 125. The molecule has 3 nitrogen and oxygen atoms in total. The van der Waals surface area contributed by atoms with Crippen LogP contribution < -0.4 is 0 Å². The van der Waals surface area contributed by atoms with Crippen LogP contribution in [0.2, 0.25) is 0 Å². The molecule has 0 fully saturated rings. The van der Waals surface area contributed by atoms with Gasteiger partial charge in [-0.3, -0.25) is 0 Å². The van der Waals surface area contributed by atoms with Gasteiger partial charge in [-0.2, -0.15) is 0 Å². The summed E-state index contributed by atoms with van der Waals surface area (Å²) in [6.45, 7) is 8.39. The Morgan fingerprint density at radius 1 is 0.765 bits per heavy atom. The molecule has 0 amide bonds. The summed E-state index contributed by atoms with van der Waals surface area (Å²) in [5.74, 6) is 0. The van der Waals surface area contributed by atoms with Gasteiger partial charge in [-0.05, 0) is 19.3 Å². The predicted molar refractivity (Wildman–Crippen MR) is 73.2 cm³/mol. The van der Waals surface area contributed by atoms with Gasteiger partial charge in [0.25, 0.3) is 0 Å². The zero-order valence-electron chi connectivity index (χ0n) is 10.4. The van der Waals surface area contributed by atoms with Crippen LogP contribution in [0, 0.1) is 0 Å². The first-order valence-electron chi connectivity index (χ1n) is 5.41. The normalized spacial score (nSPS) is 11.1. The summed E-state index contributed by atoms with van der Waals surface area (Å²) in [6.07, 6.45) is 3.01. The zero-order chi connectivity index (χ0) is 13.5. The summed E-state index contributed by atoms with van der Waals surface area (Å²) in [6, 6.07) is 0. The van der Waals surface area contributed by atoms with Crippen molar-refractivity contribution in [2.75, 3.05) is 19.8 Å². The third-order valence-corrected chi connectivity index (χ3v) is 2.38. The molecule has 0 saturated carbocycles. The standard InChI is InChI=1S/C9H21O3P.3ClH.Co/c1-4-7-10-13(11-8-5-2)12-9-6-3;;;;/h4-9H2,1-3H3;3*1H;/q;;;;+3/p-3. The molecule has 8 heteroatoms. The topological polar surface area (TPSA) is 27.7 Å². The van der Waals surface area contributed by atoms with Crippen LogP contribution >= 0.6 is 39.0 Å². The van der Waals surface area contributed by atoms with Crippen molar-refractivity contribution in [2.45, 2.75) is 40.0 Å². The average Bonchev–Trinajstić information content (AvgIpc) is 2.27. The Labute approximate surface area is 123 Å².